The Bertz CT molecular complexity index is 338. The average Bonchev–Trinajstić information content (AvgIpc) is 2.99. The van der Waals surface area contributed by atoms with E-state index in [0.717, 1.165) is 18.2 Å². The molecule has 17 heavy (non-hydrogen) atoms. The van der Waals surface area contributed by atoms with Crippen LogP contribution in [0.1, 0.15) is 30.6 Å². The SMILES string of the molecule is NNc1ncc(CN(CCO)C2CCCC2)s1. The summed E-state index contributed by atoms with van der Waals surface area (Å²) in [5.74, 6) is 5.32. The standard InChI is InChI=1S/C11H20N4OS/c12-14-11-13-7-10(17-11)8-15(5-6-16)9-3-1-2-4-9/h7,9,16H,1-6,8,12H2,(H,13,14). The second kappa shape index (κ2) is 6.30. The molecule has 1 aromatic heterocycles. The molecule has 0 atom stereocenters. The fraction of sp³-hybridized carbons (Fsp3) is 0.727. The van der Waals surface area contributed by atoms with Crippen molar-refractivity contribution in [2.45, 2.75) is 38.3 Å². The summed E-state index contributed by atoms with van der Waals surface area (Å²) in [4.78, 5) is 7.72. The highest BCUT2D eigenvalue weighted by Crippen LogP contribution is 2.26. The van der Waals surface area contributed by atoms with E-state index in [-0.39, 0.29) is 6.61 Å². The highest BCUT2D eigenvalue weighted by molar-refractivity contribution is 7.15. The number of thiazole rings is 1. The number of nitrogens with one attached hydrogen (secondary N) is 1. The zero-order valence-electron chi connectivity index (χ0n) is 9.93. The molecule has 1 aliphatic rings. The van der Waals surface area contributed by atoms with Crippen molar-refractivity contribution in [3.05, 3.63) is 11.1 Å². The molecule has 1 saturated carbocycles. The molecule has 0 aromatic carbocycles. The van der Waals surface area contributed by atoms with Crippen LogP contribution in [0.25, 0.3) is 0 Å². The molecule has 96 valence electrons. The third kappa shape index (κ3) is 3.38. The fourth-order valence-corrected chi connectivity index (χ4v) is 3.18. The first-order chi connectivity index (χ1) is 8.33. The molecule has 0 radical (unpaired) electrons. The normalized spacial score (nSPS) is 16.9. The van der Waals surface area contributed by atoms with Crippen molar-refractivity contribution >= 4 is 16.5 Å². The van der Waals surface area contributed by atoms with E-state index in [4.69, 9.17) is 10.9 Å². The summed E-state index contributed by atoms with van der Waals surface area (Å²) in [5.41, 5.74) is 2.56. The van der Waals surface area contributed by atoms with Gasteiger partial charge >= 0.3 is 0 Å². The number of hydrogen-bond acceptors (Lipinski definition) is 6. The minimum absolute atomic E-state index is 0.220. The smallest absolute Gasteiger partial charge is 0.197 e. The van der Waals surface area contributed by atoms with Crippen LogP contribution < -0.4 is 11.3 Å². The predicted octanol–water partition coefficient (Wildman–Crippen LogP) is 1.17. The van der Waals surface area contributed by atoms with Crippen molar-refractivity contribution in [2.24, 2.45) is 5.84 Å². The van der Waals surface area contributed by atoms with Crippen LogP contribution in [0.4, 0.5) is 5.13 Å². The lowest BCUT2D eigenvalue weighted by Crippen LogP contribution is -2.34. The summed E-state index contributed by atoms with van der Waals surface area (Å²) in [6.45, 7) is 1.83. The monoisotopic (exact) mass is 256 g/mol. The first-order valence-electron chi connectivity index (χ1n) is 6.09. The molecule has 1 aliphatic carbocycles. The number of aliphatic hydroxyl groups excluding tert-OH is 1. The van der Waals surface area contributed by atoms with Crippen LogP contribution in [0.3, 0.4) is 0 Å². The molecule has 4 N–H and O–H groups in total. The van der Waals surface area contributed by atoms with Crippen LogP contribution in [0.5, 0.6) is 0 Å². The molecule has 0 unspecified atom stereocenters. The summed E-state index contributed by atoms with van der Waals surface area (Å²) in [6, 6.07) is 0.624. The van der Waals surface area contributed by atoms with Gasteiger partial charge in [-0.3, -0.25) is 10.3 Å². The van der Waals surface area contributed by atoms with Gasteiger partial charge in [0.1, 0.15) is 0 Å². The van der Waals surface area contributed by atoms with E-state index >= 15 is 0 Å². The molecule has 0 spiro atoms. The average molecular weight is 256 g/mol. The minimum atomic E-state index is 0.220. The zero-order valence-corrected chi connectivity index (χ0v) is 10.7. The third-order valence-corrected chi connectivity index (χ3v) is 4.18. The summed E-state index contributed by atoms with van der Waals surface area (Å²) < 4.78 is 0. The summed E-state index contributed by atoms with van der Waals surface area (Å²) >= 11 is 1.58. The van der Waals surface area contributed by atoms with E-state index in [1.807, 2.05) is 6.20 Å². The Kier molecular flexibility index (Phi) is 4.73. The second-order valence-corrected chi connectivity index (χ2v) is 5.52. The quantitative estimate of drug-likeness (QED) is 0.526. The van der Waals surface area contributed by atoms with Gasteiger partial charge in [0, 0.05) is 30.2 Å². The minimum Gasteiger partial charge on any atom is -0.395 e. The van der Waals surface area contributed by atoms with Gasteiger partial charge in [-0.05, 0) is 12.8 Å². The van der Waals surface area contributed by atoms with Gasteiger partial charge in [0.05, 0.1) is 6.61 Å². The lowest BCUT2D eigenvalue weighted by molar-refractivity contribution is 0.146. The lowest BCUT2D eigenvalue weighted by atomic mass is 10.2. The molecular weight excluding hydrogens is 236 g/mol. The number of nitrogen functional groups attached to an aromatic ring is 1. The number of nitrogens with zero attached hydrogens (tertiary/aromatic N) is 2. The van der Waals surface area contributed by atoms with Crippen LogP contribution in [0, 0.1) is 0 Å². The van der Waals surface area contributed by atoms with Crippen molar-refractivity contribution in [2.75, 3.05) is 18.6 Å². The van der Waals surface area contributed by atoms with Crippen molar-refractivity contribution in [3.63, 3.8) is 0 Å². The Morgan fingerprint density at radius 1 is 1.53 bits per heavy atom. The number of aromatic nitrogens is 1. The molecular formula is C11H20N4OS. The zero-order chi connectivity index (χ0) is 12.1. The maximum absolute atomic E-state index is 9.14. The Hall–Kier alpha value is -0.690. The van der Waals surface area contributed by atoms with E-state index in [1.54, 1.807) is 11.3 Å². The maximum Gasteiger partial charge on any atom is 0.197 e. The van der Waals surface area contributed by atoms with E-state index in [0.29, 0.717) is 6.04 Å². The van der Waals surface area contributed by atoms with Crippen LogP contribution in [0.15, 0.2) is 6.20 Å². The molecule has 1 fully saturated rings. The molecule has 0 aliphatic heterocycles. The van der Waals surface area contributed by atoms with Crippen LogP contribution in [-0.4, -0.2) is 34.2 Å². The van der Waals surface area contributed by atoms with E-state index in [2.05, 4.69) is 15.3 Å². The largest absolute Gasteiger partial charge is 0.395 e. The highest BCUT2D eigenvalue weighted by atomic mass is 32.1. The highest BCUT2D eigenvalue weighted by Gasteiger charge is 2.22. The summed E-state index contributed by atoms with van der Waals surface area (Å²) in [7, 11) is 0. The Morgan fingerprint density at radius 2 is 2.29 bits per heavy atom. The molecule has 1 heterocycles. The van der Waals surface area contributed by atoms with Gasteiger partial charge < -0.3 is 5.11 Å². The number of hydrogen-bond donors (Lipinski definition) is 3. The molecule has 5 nitrogen and oxygen atoms in total. The van der Waals surface area contributed by atoms with Crippen LogP contribution in [0.2, 0.25) is 0 Å². The summed E-state index contributed by atoms with van der Waals surface area (Å²) in [6.07, 6.45) is 6.98. The van der Waals surface area contributed by atoms with Gasteiger partial charge in [-0.2, -0.15) is 0 Å². The van der Waals surface area contributed by atoms with Gasteiger partial charge in [0.25, 0.3) is 0 Å². The van der Waals surface area contributed by atoms with Gasteiger partial charge in [-0.15, -0.1) is 0 Å². The summed E-state index contributed by atoms with van der Waals surface area (Å²) in [5, 5.41) is 9.89. The van der Waals surface area contributed by atoms with Gasteiger partial charge in [-0.25, -0.2) is 10.8 Å². The van der Waals surface area contributed by atoms with Crippen LogP contribution >= 0.6 is 11.3 Å². The molecule has 0 saturated heterocycles. The Balaban J connectivity index is 1.96. The maximum atomic E-state index is 9.14. The fourth-order valence-electron chi connectivity index (χ4n) is 2.44. The van der Waals surface area contributed by atoms with Gasteiger partial charge in [0.2, 0.25) is 0 Å². The number of anilines is 1. The number of hydrazine groups is 1. The predicted molar refractivity (Wildman–Crippen MR) is 69.7 cm³/mol. The van der Waals surface area contributed by atoms with Crippen molar-refractivity contribution in [1.82, 2.24) is 9.88 Å². The van der Waals surface area contributed by atoms with E-state index in [9.17, 15) is 0 Å². The number of nitrogens with two attached hydrogens (primary N) is 1. The molecule has 2 rings (SSSR count). The van der Waals surface area contributed by atoms with Gasteiger partial charge in [0.15, 0.2) is 5.13 Å². The number of rotatable bonds is 6. The first kappa shape index (κ1) is 12.8. The molecule has 0 amide bonds. The lowest BCUT2D eigenvalue weighted by Gasteiger charge is -2.27. The van der Waals surface area contributed by atoms with E-state index in [1.165, 1.54) is 30.6 Å². The van der Waals surface area contributed by atoms with Crippen molar-refractivity contribution in [3.8, 4) is 0 Å². The molecule has 0 bridgehead atoms. The van der Waals surface area contributed by atoms with Crippen LogP contribution in [-0.2, 0) is 6.54 Å². The third-order valence-electron chi connectivity index (χ3n) is 3.26. The molecule has 6 heteroatoms. The molecule has 1 aromatic rings. The first-order valence-corrected chi connectivity index (χ1v) is 6.91. The number of aliphatic hydroxyl groups is 1. The second-order valence-electron chi connectivity index (χ2n) is 4.41. The Morgan fingerprint density at radius 3 is 2.88 bits per heavy atom. The van der Waals surface area contributed by atoms with Crippen molar-refractivity contribution < 1.29 is 5.11 Å². The van der Waals surface area contributed by atoms with E-state index < -0.39 is 0 Å². The van der Waals surface area contributed by atoms with Gasteiger partial charge in [-0.1, -0.05) is 24.2 Å². The van der Waals surface area contributed by atoms with Crippen molar-refractivity contribution in [1.29, 1.82) is 0 Å². The topological polar surface area (TPSA) is 74.4 Å². The Labute approximate surface area is 106 Å².